The van der Waals surface area contributed by atoms with Gasteiger partial charge in [-0.1, -0.05) is 37.6 Å². The second kappa shape index (κ2) is 7.72. The van der Waals surface area contributed by atoms with Gasteiger partial charge in [-0.3, -0.25) is 4.90 Å². The van der Waals surface area contributed by atoms with Gasteiger partial charge in [0.2, 0.25) is 0 Å². The molecule has 0 fully saturated rings. The molecule has 0 radical (unpaired) electrons. The second-order valence-electron chi connectivity index (χ2n) is 4.39. The van der Waals surface area contributed by atoms with Crippen LogP contribution >= 0.6 is 11.6 Å². The Hall–Kier alpha value is -0.640. The Kier molecular flexibility index (Phi) is 6.61. The molecule has 0 bridgehead atoms. The van der Waals surface area contributed by atoms with E-state index in [1.54, 1.807) is 12.1 Å². The minimum atomic E-state index is -0.302. The van der Waals surface area contributed by atoms with Crippen LogP contribution in [0.25, 0.3) is 0 Å². The normalized spacial score (nSPS) is 13.0. The third-order valence-electron chi connectivity index (χ3n) is 3.10. The van der Waals surface area contributed by atoms with Gasteiger partial charge in [0.1, 0.15) is 5.82 Å². The lowest BCUT2D eigenvalue weighted by Crippen LogP contribution is -2.34. The average Bonchev–Trinajstić information content (AvgIpc) is 2.36. The molecule has 4 heteroatoms. The van der Waals surface area contributed by atoms with Crippen LogP contribution in [0, 0.1) is 5.82 Å². The van der Waals surface area contributed by atoms with E-state index in [1.807, 2.05) is 6.07 Å². The largest absolute Gasteiger partial charge is 0.329 e. The Labute approximate surface area is 114 Å². The topological polar surface area (TPSA) is 29.3 Å². The highest BCUT2D eigenvalue weighted by atomic mass is 35.5. The highest BCUT2D eigenvalue weighted by Gasteiger charge is 2.21. The van der Waals surface area contributed by atoms with Crippen molar-refractivity contribution >= 4 is 11.6 Å². The molecule has 1 rings (SSSR count). The summed E-state index contributed by atoms with van der Waals surface area (Å²) in [4.78, 5) is 2.23. The standard InChI is InChI=1S/C14H22ClFN2/c1-3-9-18(10-8-17)13(4-2)11-6-5-7-12(15)14(11)16/h5-7,13H,3-4,8-10,17H2,1-2H3. The van der Waals surface area contributed by atoms with Crippen molar-refractivity contribution in [2.75, 3.05) is 19.6 Å². The highest BCUT2D eigenvalue weighted by Crippen LogP contribution is 2.29. The molecule has 0 aromatic heterocycles. The van der Waals surface area contributed by atoms with E-state index in [0.29, 0.717) is 12.1 Å². The van der Waals surface area contributed by atoms with Crippen LogP contribution in [0.15, 0.2) is 18.2 Å². The first-order valence-electron chi connectivity index (χ1n) is 6.53. The van der Waals surface area contributed by atoms with Gasteiger partial charge >= 0.3 is 0 Å². The number of nitrogens with zero attached hydrogens (tertiary/aromatic N) is 1. The number of nitrogens with two attached hydrogens (primary N) is 1. The Morgan fingerprint density at radius 2 is 2.06 bits per heavy atom. The summed E-state index contributed by atoms with van der Waals surface area (Å²) in [7, 11) is 0. The molecule has 0 spiro atoms. The quantitative estimate of drug-likeness (QED) is 0.822. The fourth-order valence-corrected chi connectivity index (χ4v) is 2.51. The average molecular weight is 273 g/mol. The third-order valence-corrected chi connectivity index (χ3v) is 3.39. The fourth-order valence-electron chi connectivity index (χ4n) is 2.33. The summed E-state index contributed by atoms with van der Waals surface area (Å²) in [6, 6.07) is 5.25. The SMILES string of the molecule is CCCN(CCN)C(CC)c1cccc(Cl)c1F. The molecule has 0 aliphatic rings. The van der Waals surface area contributed by atoms with E-state index >= 15 is 0 Å². The zero-order chi connectivity index (χ0) is 13.5. The van der Waals surface area contributed by atoms with Gasteiger partial charge in [-0.15, -0.1) is 0 Å². The van der Waals surface area contributed by atoms with Crippen molar-refractivity contribution in [3.63, 3.8) is 0 Å². The van der Waals surface area contributed by atoms with E-state index in [1.165, 1.54) is 0 Å². The number of benzene rings is 1. The maximum Gasteiger partial charge on any atom is 0.146 e. The Balaban J connectivity index is 3.02. The Morgan fingerprint density at radius 1 is 1.33 bits per heavy atom. The lowest BCUT2D eigenvalue weighted by molar-refractivity contribution is 0.194. The van der Waals surface area contributed by atoms with Crippen LogP contribution < -0.4 is 5.73 Å². The molecular weight excluding hydrogens is 251 g/mol. The number of halogens is 2. The molecule has 1 unspecified atom stereocenters. The summed E-state index contributed by atoms with van der Waals surface area (Å²) in [5, 5.41) is 0.190. The highest BCUT2D eigenvalue weighted by molar-refractivity contribution is 6.30. The van der Waals surface area contributed by atoms with Gasteiger partial charge in [-0.2, -0.15) is 0 Å². The molecule has 0 saturated heterocycles. The van der Waals surface area contributed by atoms with Crippen LogP contribution in [0.2, 0.25) is 5.02 Å². The van der Waals surface area contributed by atoms with Gasteiger partial charge < -0.3 is 5.73 Å². The lowest BCUT2D eigenvalue weighted by Gasteiger charge is -2.31. The van der Waals surface area contributed by atoms with Crippen molar-refractivity contribution in [2.24, 2.45) is 5.73 Å². The summed E-state index contributed by atoms with van der Waals surface area (Å²) < 4.78 is 14.1. The van der Waals surface area contributed by atoms with Gasteiger partial charge in [0.15, 0.2) is 0 Å². The maximum absolute atomic E-state index is 14.1. The molecule has 1 aromatic carbocycles. The summed E-state index contributed by atoms with van der Waals surface area (Å²) >= 11 is 5.86. The van der Waals surface area contributed by atoms with Gasteiger partial charge in [0.05, 0.1) is 5.02 Å². The van der Waals surface area contributed by atoms with Crippen LogP contribution in [0.5, 0.6) is 0 Å². The minimum absolute atomic E-state index is 0.0483. The van der Waals surface area contributed by atoms with E-state index in [4.69, 9.17) is 17.3 Å². The number of rotatable bonds is 7. The van der Waals surface area contributed by atoms with Crippen molar-refractivity contribution in [1.82, 2.24) is 4.90 Å². The van der Waals surface area contributed by atoms with Gasteiger partial charge in [0, 0.05) is 24.7 Å². The van der Waals surface area contributed by atoms with E-state index in [2.05, 4.69) is 18.7 Å². The molecule has 0 saturated carbocycles. The van der Waals surface area contributed by atoms with Crippen LogP contribution in [-0.2, 0) is 0 Å². The van der Waals surface area contributed by atoms with E-state index in [-0.39, 0.29) is 16.9 Å². The maximum atomic E-state index is 14.1. The van der Waals surface area contributed by atoms with Gasteiger partial charge in [-0.05, 0) is 25.5 Å². The molecule has 1 atom stereocenters. The van der Waals surface area contributed by atoms with Crippen molar-refractivity contribution in [3.05, 3.63) is 34.6 Å². The third kappa shape index (κ3) is 3.67. The molecule has 0 amide bonds. The minimum Gasteiger partial charge on any atom is -0.329 e. The fraction of sp³-hybridized carbons (Fsp3) is 0.571. The Bertz CT molecular complexity index is 365. The van der Waals surface area contributed by atoms with Crippen LogP contribution in [0.1, 0.15) is 38.3 Å². The predicted octanol–water partition coefficient (Wildman–Crippen LogP) is 3.60. The first-order chi connectivity index (χ1) is 8.65. The van der Waals surface area contributed by atoms with Gasteiger partial charge in [0.25, 0.3) is 0 Å². The monoisotopic (exact) mass is 272 g/mol. The van der Waals surface area contributed by atoms with Crippen molar-refractivity contribution in [3.8, 4) is 0 Å². The molecule has 1 aromatic rings. The first kappa shape index (κ1) is 15.4. The van der Waals surface area contributed by atoms with Crippen LogP contribution in [0.3, 0.4) is 0 Å². The predicted molar refractivity (Wildman–Crippen MR) is 75.4 cm³/mol. The zero-order valence-corrected chi connectivity index (χ0v) is 11.9. The van der Waals surface area contributed by atoms with Crippen molar-refractivity contribution < 1.29 is 4.39 Å². The van der Waals surface area contributed by atoms with Crippen LogP contribution in [-0.4, -0.2) is 24.5 Å². The summed E-state index contributed by atoms with van der Waals surface area (Å²) in [6.45, 7) is 6.45. The molecule has 0 aliphatic carbocycles. The van der Waals surface area contributed by atoms with E-state index < -0.39 is 0 Å². The van der Waals surface area contributed by atoms with Crippen LogP contribution in [0.4, 0.5) is 4.39 Å². The molecule has 0 heterocycles. The summed E-state index contributed by atoms with van der Waals surface area (Å²) in [6.07, 6.45) is 1.87. The second-order valence-corrected chi connectivity index (χ2v) is 4.80. The zero-order valence-electron chi connectivity index (χ0n) is 11.1. The van der Waals surface area contributed by atoms with Crippen molar-refractivity contribution in [1.29, 1.82) is 0 Å². The van der Waals surface area contributed by atoms with Gasteiger partial charge in [-0.25, -0.2) is 4.39 Å². The molecule has 0 aliphatic heterocycles. The Morgan fingerprint density at radius 3 is 2.61 bits per heavy atom. The van der Waals surface area contributed by atoms with E-state index in [9.17, 15) is 4.39 Å². The molecular formula is C14H22ClFN2. The molecule has 2 nitrogen and oxygen atoms in total. The summed E-state index contributed by atoms with van der Waals surface area (Å²) in [5.74, 6) is -0.302. The molecule has 102 valence electrons. The van der Waals surface area contributed by atoms with E-state index in [0.717, 1.165) is 25.9 Å². The lowest BCUT2D eigenvalue weighted by atomic mass is 10.0. The summed E-state index contributed by atoms with van der Waals surface area (Å²) in [5.41, 5.74) is 6.31. The first-order valence-corrected chi connectivity index (χ1v) is 6.91. The molecule has 18 heavy (non-hydrogen) atoms. The van der Waals surface area contributed by atoms with Crippen molar-refractivity contribution in [2.45, 2.75) is 32.7 Å². The number of hydrogen-bond acceptors (Lipinski definition) is 2. The smallest absolute Gasteiger partial charge is 0.146 e. The molecule has 2 N–H and O–H groups in total. The number of hydrogen-bond donors (Lipinski definition) is 1.